The molecule has 112 valence electrons. The van der Waals surface area contributed by atoms with Crippen molar-refractivity contribution in [1.29, 1.82) is 0 Å². The summed E-state index contributed by atoms with van der Waals surface area (Å²) in [4.78, 5) is 0. The molecule has 0 aliphatic carbocycles. The van der Waals surface area contributed by atoms with Crippen LogP contribution in [0.25, 0.3) is 5.41 Å². The van der Waals surface area contributed by atoms with Gasteiger partial charge in [0.2, 0.25) is 0 Å². The molecule has 0 spiro atoms. The molecule has 0 rings (SSSR count). The quantitative estimate of drug-likeness (QED) is 0.285. The van der Waals surface area contributed by atoms with E-state index in [0.717, 1.165) is 6.16 Å². The van der Waals surface area contributed by atoms with E-state index in [2.05, 4.69) is 62.3 Å². The van der Waals surface area contributed by atoms with E-state index in [1.165, 1.54) is 0 Å². The summed E-state index contributed by atoms with van der Waals surface area (Å²) in [5.74, 6) is 0. The minimum absolute atomic E-state index is 0. The van der Waals surface area contributed by atoms with Crippen LogP contribution in [0.2, 0.25) is 0 Å². The largest absolute Gasteiger partial charge is 2.00 e. The third-order valence-corrected chi connectivity index (χ3v) is 7.33. The van der Waals surface area contributed by atoms with E-state index in [-0.39, 0.29) is 29.3 Å². The Morgan fingerprint density at radius 3 is 1.28 bits per heavy atom. The molecule has 0 heterocycles. The minimum atomic E-state index is -0.644. The van der Waals surface area contributed by atoms with Gasteiger partial charge < -0.3 is 12.8 Å². The fourth-order valence-electron chi connectivity index (χ4n) is 2.09. The van der Waals surface area contributed by atoms with Crippen molar-refractivity contribution in [3.8, 4) is 0 Å². The molecule has 0 aliphatic rings. The summed E-state index contributed by atoms with van der Waals surface area (Å²) >= 11 is 0. The normalized spacial score (nSPS) is 12.8. The van der Waals surface area contributed by atoms with Gasteiger partial charge >= 0.3 is 16.5 Å². The van der Waals surface area contributed by atoms with Crippen LogP contribution in [-0.4, -0.2) is 22.2 Å². The van der Waals surface area contributed by atoms with Crippen LogP contribution in [0.4, 0.5) is 0 Å². The first-order valence-electron chi connectivity index (χ1n) is 6.18. The number of rotatable bonds is 2. The SMILES string of the molecule is CC(C)(C)C(=[N-])C[PH+](C(C)(C)C)C(C)(C)C.[CH3-].[Ni+2]. The van der Waals surface area contributed by atoms with Crippen LogP contribution < -0.4 is 0 Å². The average Bonchev–Trinajstić information content (AvgIpc) is 1.92. The smallest absolute Gasteiger partial charge is 0.808 e. The Bertz CT molecular complexity index is 239. The van der Waals surface area contributed by atoms with Crippen molar-refractivity contribution in [2.24, 2.45) is 5.41 Å². The second-order valence-electron chi connectivity index (χ2n) is 7.85. The molecule has 0 aromatic heterocycles. The summed E-state index contributed by atoms with van der Waals surface area (Å²) in [6, 6.07) is 0. The van der Waals surface area contributed by atoms with Gasteiger partial charge in [0.25, 0.3) is 0 Å². The van der Waals surface area contributed by atoms with Crippen molar-refractivity contribution in [3.63, 3.8) is 0 Å². The zero-order valence-electron chi connectivity index (χ0n) is 14.0. The molecule has 0 atom stereocenters. The molecule has 0 saturated carbocycles. The van der Waals surface area contributed by atoms with E-state index in [1.54, 1.807) is 0 Å². The Hall–Kier alpha value is 0.594. The van der Waals surface area contributed by atoms with Crippen LogP contribution in [-0.2, 0) is 16.5 Å². The molecular weight excluding hydrogens is 284 g/mol. The molecular formula is C15H33NNiP+. The van der Waals surface area contributed by atoms with Gasteiger partial charge in [0.15, 0.2) is 0 Å². The third-order valence-electron chi connectivity index (χ3n) is 3.02. The number of hydrogen-bond acceptors (Lipinski definition) is 0. The van der Waals surface area contributed by atoms with Crippen molar-refractivity contribution in [3.05, 3.63) is 12.8 Å². The van der Waals surface area contributed by atoms with Gasteiger partial charge in [-0.05, 0) is 47.0 Å². The topological polar surface area (TPSA) is 22.3 Å². The van der Waals surface area contributed by atoms with Gasteiger partial charge in [0.05, 0.1) is 16.5 Å². The summed E-state index contributed by atoms with van der Waals surface area (Å²) in [5, 5.41) is 10.9. The Kier molecular flexibility index (Phi) is 9.72. The van der Waals surface area contributed by atoms with E-state index in [4.69, 9.17) is 0 Å². The number of hydrogen-bond donors (Lipinski definition) is 0. The molecule has 0 aliphatic heterocycles. The third kappa shape index (κ3) is 7.90. The maximum atomic E-state index is 10.2. The maximum Gasteiger partial charge on any atom is 2.00 e. The molecule has 0 aromatic carbocycles. The molecule has 0 saturated heterocycles. The molecule has 0 fully saturated rings. The van der Waals surface area contributed by atoms with Gasteiger partial charge in [-0.2, -0.15) is 5.71 Å². The van der Waals surface area contributed by atoms with E-state index < -0.39 is 7.92 Å². The molecule has 0 bridgehead atoms. The summed E-state index contributed by atoms with van der Waals surface area (Å²) in [5.41, 5.74) is 0.595. The standard InChI is InChI=1S/C14H29NP.CH3.Ni/c1-12(2,3)11(15)10-16(13(4,5)6)14(7,8)9;;/h10H2,1-9H3;1H3;/q2*-1;+2/p+1. The van der Waals surface area contributed by atoms with Crippen molar-refractivity contribution in [2.75, 3.05) is 6.16 Å². The summed E-state index contributed by atoms with van der Waals surface area (Å²) in [6.07, 6.45) is 0.904. The average molecular weight is 317 g/mol. The summed E-state index contributed by atoms with van der Waals surface area (Å²) < 4.78 is 0. The Balaban J connectivity index is -0.00000112. The molecule has 0 aromatic rings. The van der Waals surface area contributed by atoms with Crippen molar-refractivity contribution >= 4 is 13.6 Å². The maximum absolute atomic E-state index is 10.2. The van der Waals surface area contributed by atoms with E-state index in [9.17, 15) is 5.41 Å². The first-order valence-corrected chi connectivity index (χ1v) is 7.89. The number of nitrogens with zero attached hydrogens (tertiary/aromatic N) is 1. The molecule has 0 unspecified atom stereocenters. The van der Waals surface area contributed by atoms with Gasteiger partial charge in [-0.1, -0.05) is 20.8 Å². The summed E-state index contributed by atoms with van der Waals surface area (Å²) in [6.45, 7) is 20.1. The Labute approximate surface area is 127 Å². The van der Waals surface area contributed by atoms with Crippen LogP contribution in [0.5, 0.6) is 0 Å². The van der Waals surface area contributed by atoms with E-state index >= 15 is 0 Å². The van der Waals surface area contributed by atoms with Crippen LogP contribution in [0.1, 0.15) is 62.3 Å². The second-order valence-corrected chi connectivity index (χ2v) is 12.2. The van der Waals surface area contributed by atoms with Gasteiger partial charge in [-0.3, -0.25) is 0 Å². The molecule has 0 radical (unpaired) electrons. The van der Waals surface area contributed by atoms with Crippen LogP contribution in [0.15, 0.2) is 0 Å². The minimum Gasteiger partial charge on any atom is -0.808 e. The monoisotopic (exact) mass is 316 g/mol. The fourth-order valence-corrected chi connectivity index (χ4v) is 6.26. The molecule has 1 nitrogen and oxygen atoms in total. The zero-order chi connectivity index (χ0) is 13.4. The Morgan fingerprint density at radius 1 is 0.833 bits per heavy atom. The van der Waals surface area contributed by atoms with Crippen LogP contribution in [0, 0.1) is 12.8 Å². The molecule has 0 N–H and O–H groups in total. The van der Waals surface area contributed by atoms with Crippen LogP contribution >= 0.6 is 7.92 Å². The van der Waals surface area contributed by atoms with E-state index in [1.807, 2.05) is 0 Å². The Morgan fingerprint density at radius 2 is 1.11 bits per heavy atom. The van der Waals surface area contributed by atoms with Crippen molar-refractivity contribution in [2.45, 2.75) is 72.6 Å². The van der Waals surface area contributed by atoms with Gasteiger partial charge in [0.1, 0.15) is 0 Å². The predicted octanol–water partition coefficient (Wildman–Crippen LogP) is 5.30. The van der Waals surface area contributed by atoms with Gasteiger partial charge in [-0.25, -0.2) is 0 Å². The van der Waals surface area contributed by atoms with E-state index in [0.29, 0.717) is 16.0 Å². The first-order chi connectivity index (χ1) is 6.76. The predicted molar refractivity (Wildman–Crippen MR) is 86.9 cm³/mol. The molecule has 0 amide bonds. The first kappa shape index (κ1) is 23.7. The van der Waals surface area contributed by atoms with Crippen LogP contribution in [0.3, 0.4) is 0 Å². The van der Waals surface area contributed by atoms with Crippen molar-refractivity contribution in [1.82, 2.24) is 0 Å². The molecule has 3 heteroatoms. The fraction of sp³-hybridized carbons (Fsp3) is 0.867. The summed E-state index contributed by atoms with van der Waals surface area (Å²) in [7, 11) is -0.644. The van der Waals surface area contributed by atoms with Gasteiger partial charge in [-0.15, -0.1) is 0 Å². The molecule has 18 heavy (non-hydrogen) atoms. The second kappa shape index (κ2) is 7.40. The van der Waals surface area contributed by atoms with Gasteiger partial charge in [0, 0.05) is 7.92 Å². The van der Waals surface area contributed by atoms with Crippen molar-refractivity contribution < 1.29 is 16.5 Å². The zero-order valence-corrected chi connectivity index (χ0v) is 16.0.